The lowest BCUT2D eigenvalue weighted by Gasteiger charge is -2.29. The number of fused-ring (bicyclic) bond motifs is 1. The molecule has 0 saturated carbocycles. The maximum Gasteiger partial charge on any atom is 0.407 e. The predicted molar refractivity (Wildman–Crippen MR) is 113 cm³/mol. The zero-order valence-corrected chi connectivity index (χ0v) is 17.3. The summed E-state index contributed by atoms with van der Waals surface area (Å²) in [6.45, 7) is 6.32. The van der Waals surface area contributed by atoms with Crippen molar-refractivity contribution in [1.82, 2.24) is 10.1 Å². The first-order valence-electron chi connectivity index (χ1n) is 10.9. The molecule has 30 heavy (non-hydrogen) atoms. The van der Waals surface area contributed by atoms with E-state index in [0.29, 0.717) is 25.6 Å². The molecule has 0 spiro atoms. The highest BCUT2D eigenvalue weighted by Crippen LogP contribution is 2.30. The minimum atomic E-state index is -0.817. The average Bonchev–Trinajstić information content (AvgIpc) is 3.20. The number of aryl methyl sites for hydroxylation is 1. The van der Waals surface area contributed by atoms with E-state index in [9.17, 15) is 4.79 Å². The lowest BCUT2D eigenvalue weighted by atomic mass is 9.91. The van der Waals surface area contributed by atoms with Crippen LogP contribution in [0.3, 0.4) is 0 Å². The van der Waals surface area contributed by atoms with Gasteiger partial charge in [0.1, 0.15) is 0 Å². The van der Waals surface area contributed by atoms with E-state index in [-0.39, 0.29) is 6.29 Å². The van der Waals surface area contributed by atoms with Crippen LogP contribution in [0.15, 0.2) is 23.2 Å². The van der Waals surface area contributed by atoms with Gasteiger partial charge in [0.2, 0.25) is 0 Å². The van der Waals surface area contributed by atoms with E-state index in [0.717, 1.165) is 79.3 Å². The summed E-state index contributed by atoms with van der Waals surface area (Å²) < 4.78 is 17.4. The van der Waals surface area contributed by atoms with Gasteiger partial charge in [0, 0.05) is 30.6 Å². The number of amides is 1. The van der Waals surface area contributed by atoms with Crippen molar-refractivity contribution < 1.29 is 23.9 Å². The molecule has 0 radical (unpaired) electrons. The Morgan fingerprint density at radius 3 is 2.83 bits per heavy atom. The fourth-order valence-corrected chi connectivity index (χ4v) is 4.42. The number of ether oxygens (including phenoxy) is 2. The Kier molecular flexibility index (Phi) is 6.69. The van der Waals surface area contributed by atoms with Crippen molar-refractivity contribution in [3.05, 3.63) is 35.5 Å². The molecule has 2 fully saturated rings. The molecule has 1 atom stereocenters. The fraction of sp³-hybridized carbons (Fsp3) is 0.565. The van der Waals surface area contributed by atoms with Gasteiger partial charge < -0.3 is 24.0 Å². The van der Waals surface area contributed by atoms with Crippen LogP contribution in [0.5, 0.6) is 0 Å². The molecule has 1 amide bonds. The highest BCUT2D eigenvalue weighted by Gasteiger charge is 2.23. The third kappa shape index (κ3) is 4.68. The van der Waals surface area contributed by atoms with Gasteiger partial charge in [0.25, 0.3) is 0 Å². The van der Waals surface area contributed by atoms with Gasteiger partial charge in [-0.15, -0.1) is 0 Å². The average molecular weight is 415 g/mol. The molecule has 7 heteroatoms. The molecule has 1 aromatic carbocycles. The second-order valence-electron chi connectivity index (χ2n) is 8.20. The van der Waals surface area contributed by atoms with E-state index in [1.165, 1.54) is 4.90 Å². The number of likely N-dealkylation sites (tertiary alicyclic amines) is 1. The highest BCUT2D eigenvalue weighted by molar-refractivity contribution is 5.85. The van der Waals surface area contributed by atoms with Crippen LogP contribution in [0.25, 0.3) is 17.0 Å². The lowest BCUT2D eigenvalue weighted by molar-refractivity contribution is -0.168. The second kappa shape index (κ2) is 9.62. The largest absolute Gasteiger partial charge is 0.465 e. The van der Waals surface area contributed by atoms with Crippen LogP contribution in [0.1, 0.15) is 55.3 Å². The zero-order valence-electron chi connectivity index (χ0n) is 17.3. The Labute approximate surface area is 176 Å². The van der Waals surface area contributed by atoms with Crippen LogP contribution in [0.4, 0.5) is 4.79 Å². The summed E-state index contributed by atoms with van der Waals surface area (Å²) in [6.07, 6.45) is 7.60. The van der Waals surface area contributed by atoms with Gasteiger partial charge in [-0.05, 0) is 62.5 Å². The van der Waals surface area contributed by atoms with Crippen molar-refractivity contribution in [1.29, 1.82) is 0 Å². The number of piperidine rings is 1. The summed E-state index contributed by atoms with van der Waals surface area (Å²) in [5, 5.41) is 14.5. The topological polar surface area (TPSA) is 85.0 Å². The van der Waals surface area contributed by atoms with Gasteiger partial charge in [0.05, 0.1) is 12.3 Å². The van der Waals surface area contributed by atoms with Crippen LogP contribution in [-0.2, 0) is 22.5 Å². The lowest BCUT2D eigenvalue weighted by Crippen LogP contribution is -2.37. The number of hydrogen-bond acceptors (Lipinski definition) is 5. The number of nitrogens with zero attached hydrogens (tertiary/aromatic N) is 2. The van der Waals surface area contributed by atoms with Crippen LogP contribution in [0.2, 0.25) is 0 Å². The number of benzene rings is 1. The molecule has 0 bridgehead atoms. The first-order valence-corrected chi connectivity index (χ1v) is 10.9. The van der Waals surface area contributed by atoms with Crippen molar-refractivity contribution in [3.63, 3.8) is 0 Å². The molecule has 3 heterocycles. The van der Waals surface area contributed by atoms with E-state index in [1.54, 1.807) is 0 Å². The summed E-state index contributed by atoms with van der Waals surface area (Å²) >= 11 is 0. The Hall–Kier alpha value is -2.38. The zero-order chi connectivity index (χ0) is 20.9. The summed E-state index contributed by atoms with van der Waals surface area (Å²) in [5.41, 5.74) is 3.67. The SMILES string of the molecule is C=Cc1ccc2c(CCC3CCN(C(=O)O)CC3)noc2c1COC1CCCCO1. The molecular weight excluding hydrogens is 384 g/mol. The maximum absolute atomic E-state index is 11.1. The van der Waals surface area contributed by atoms with E-state index < -0.39 is 6.09 Å². The quantitative estimate of drug-likeness (QED) is 0.698. The molecule has 4 rings (SSSR count). The minimum Gasteiger partial charge on any atom is -0.465 e. The first-order chi connectivity index (χ1) is 14.7. The van der Waals surface area contributed by atoms with Gasteiger partial charge in [-0.2, -0.15) is 0 Å². The van der Waals surface area contributed by atoms with E-state index in [4.69, 9.17) is 19.1 Å². The minimum absolute atomic E-state index is 0.161. The van der Waals surface area contributed by atoms with E-state index in [2.05, 4.69) is 11.7 Å². The van der Waals surface area contributed by atoms with Crippen molar-refractivity contribution in [3.8, 4) is 0 Å². The summed E-state index contributed by atoms with van der Waals surface area (Å²) in [5.74, 6) is 0.519. The normalized spacial score (nSPS) is 20.5. The molecule has 1 unspecified atom stereocenters. The van der Waals surface area contributed by atoms with Crippen molar-refractivity contribution in [2.75, 3.05) is 19.7 Å². The Morgan fingerprint density at radius 2 is 2.13 bits per heavy atom. The Balaban J connectivity index is 1.42. The van der Waals surface area contributed by atoms with E-state index in [1.807, 2.05) is 18.2 Å². The predicted octanol–water partition coefficient (Wildman–Crippen LogP) is 4.84. The van der Waals surface area contributed by atoms with Crippen LogP contribution >= 0.6 is 0 Å². The fourth-order valence-electron chi connectivity index (χ4n) is 4.42. The Bertz CT molecular complexity index is 879. The van der Waals surface area contributed by atoms with Crippen molar-refractivity contribution >= 4 is 23.1 Å². The van der Waals surface area contributed by atoms with Crippen LogP contribution in [0, 0.1) is 5.92 Å². The van der Waals surface area contributed by atoms with Gasteiger partial charge in [-0.3, -0.25) is 0 Å². The monoisotopic (exact) mass is 414 g/mol. The van der Waals surface area contributed by atoms with Gasteiger partial charge in [-0.1, -0.05) is 23.9 Å². The second-order valence-corrected chi connectivity index (χ2v) is 8.20. The highest BCUT2D eigenvalue weighted by atomic mass is 16.7. The third-order valence-corrected chi connectivity index (χ3v) is 6.30. The van der Waals surface area contributed by atoms with E-state index >= 15 is 0 Å². The first kappa shape index (κ1) is 20.9. The van der Waals surface area contributed by atoms with Gasteiger partial charge in [-0.25, -0.2) is 4.79 Å². The standard InChI is InChI=1S/C23H30N2O5/c1-2-17-7-8-18-20(9-6-16-10-12-25(13-11-16)23(26)27)24-30-22(18)19(17)15-29-21-5-3-4-14-28-21/h2,7-8,16,21H,1,3-6,9-15H2,(H,26,27). The molecule has 1 N–H and O–H groups in total. The molecule has 2 saturated heterocycles. The number of aromatic nitrogens is 1. The number of carboxylic acid groups (broad SMARTS) is 1. The van der Waals surface area contributed by atoms with Crippen molar-refractivity contribution in [2.24, 2.45) is 5.92 Å². The summed E-state index contributed by atoms with van der Waals surface area (Å²) in [7, 11) is 0. The number of carbonyl (C=O) groups is 1. The van der Waals surface area contributed by atoms with Gasteiger partial charge >= 0.3 is 6.09 Å². The maximum atomic E-state index is 11.1. The number of rotatable bonds is 7. The van der Waals surface area contributed by atoms with Gasteiger partial charge in [0.15, 0.2) is 11.9 Å². The summed E-state index contributed by atoms with van der Waals surface area (Å²) in [4.78, 5) is 12.6. The molecule has 1 aromatic heterocycles. The number of hydrogen-bond donors (Lipinski definition) is 1. The molecule has 2 aliphatic heterocycles. The van der Waals surface area contributed by atoms with Crippen molar-refractivity contribution in [2.45, 2.75) is 57.8 Å². The van der Waals surface area contributed by atoms with Crippen LogP contribution in [-0.4, -0.2) is 47.2 Å². The summed E-state index contributed by atoms with van der Waals surface area (Å²) in [6, 6.07) is 4.09. The Morgan fingerprint density at radius 1 is 1.30 bits per heavy atom. The molecule has 0 aliphatic carbocycles. The molecule has 2 aliphatic rings. The molecule has 162 valence electrons. The molecular formula is C23H30N2O5. The molecule has 7 nitrogen and oxygen atoms in total. The van der Waals surface area contributed by atoms with Crippen LogP contribution < -0.4 is 0 Å². The molecule has 2 aromatic rings. The third-order valence-electron chi connectivity index (χ3n) is 6.30. The smallest absolute Gasteiger partial charge is 0.407 e.